The van der Waals surface area contributed by atoms with Crippen LogP contribution in [-0.4, -0.2) is 18.7 Å². The highest BCUT2D eigenvalue weighted by atomic mass is 16.5. The number of hydrogen-bond donors (Lipinski definition) is 1. The SMILES string of the molecule is CCNC1CC(OC(C)c2ccccc2)C1(C)C. The largest absolute Gasteiger partial charge is 0.370 e. The molecule has 0 aliphatic heterocycles. The molecule has 0 heterocycles. The van der Waals surface area contributed by atoms with E-state index in [-0.39, 0.29) is 11.5 Å². The van der Waals surface area contributed by atoms with Gasteiger partial charge < -0.3 is 10.1 Å². The lowest BCUT2D eigenvalue weighted by molar-refractivity contribution is -0.144. The standard InChI is InChI=1S/C16H25NO/c1-5-17-14-11-15(16(14,3)4)18-12(2)13-9-7-6-8-10-13/h6-10,12,14-15,17H,5,11H2,1-4H3. The fraction of sp³-hybridized carbons (Fsp3) is 0.625. The average Bonchev–Trinajstić information content (AvgIpc) is 2.38. The summed E-state index contributed by atoms with van der Waals surface area (Å²) in [7, 11) is 0. The minimum Gasteiger partial charge on any atom is -0.370 e. The van der Waals surface area contributed by atoms with E-state index in [0.29, 0.717) is 12.1 Å². The van der Waals surface area contributed by atoms with Crippen LogP contribution in [0.1, 0.15) is 45.8 Å². The zero-order chi connectivity index (χ0) is 13.2. The van der Waals surface area contributed by atoms with Crippen LogP contribution in [-0.2, 0) is 4.74 Å². The van der Waals surface area contributed by atoms with Crippen molar-refractivity contribution in [2.75, 3.05) is 6.54 Å². The van der Waals surface area contributed by atoms with Crippen LogP contribution < -0.4 is 5.32 Å². The topological polar surface area (TPSA) is 21.3 Å². The molecule has 0 saturated heterocycles. The lowest BCUT2D eigenvalue weighted by atomic mass is 9.64. The molecular formula is C16H25NO. The van der Waals surface area contributed by atoms with Gasteiger partial charge in [-0.25, -0.2) is 0 Å². The van der Waals surface area contributed by atoms with Crippen molar-refractivity contribution >= 4 is 0 Å². The molecule has 2 rings (SSSR count). The van der Waals surface area contributed by atoms with E-state index >= 15 is 0 Å². The first-order chi connectivity index (χ1) is 8.55. The highest BCUT2D eigenvalue weighted by molar-refractivity contribution is 5.17. The maximum atomic E-state index is 6.22. The Hall–Kier alpha value is -0.860. The molecule has 1 N–H and O–H groups in total. The molecular weight excluding hydrogens is 222 g/mol. The third kappa shape index (κ3) is 2.60. The van der Waals surface area contributed by atoms with Crippen molar-refractivity contribution in [1.29, 1.82) is 0 Å². The van der Waals surface area contributed by atoms with Crippen LogP contribution in [0, 0.1) is 5.41 Å². The third-order valence-corrected chi connectivity index (χ3v) is 4.27. The Morgan fingerprint density at radius 1 is 1.33 bits per heavy atom. The van der Waals surface area contributed by atoms with Gasteiger partial charge in [-0.05, 0) is 25.5 Å². The number of ether oxygens (including phenoxy) is 1. The Labute approximate surface area is 111 Å². The molecule has 3 unspecified atom stereocenters. The van der Waals surface area contributed by atoms with E-state index in [4.69, 9.17) is 4.74 Å². The van der Waals surface area contributed by atoms with Crippen molar-refractivity contribution in [2.24, 2.45) is 5.41 Å². The van der Waals surface area contributed by atoms with Crippen molar-refractivity contribution < 1.29 is 4.74 Å². The summed E-state index contributed by atoms with van der Waals surface area (Å²) in [5.74, 6) is 0. The van der Waals surface area contributed by atoms with Crippen molar-refractivity contribution in [2.45, 2.75) is 52.4 Å². The predicted octanol–water partition coefficient (Wildman–Crippen LogP) is 3.54. The van der Waals surface area contributed by atoms with Gasteiger partial charge in [0.2, 0.25) is 0 Å². The van der Waals surface area contributed by atoms with Gasteiger partial charge in [-0.1, -0.05) is 51.1 Å². The quantitative estimate of drug-likeness (QED) is 0.859. The summed E-state index contributed by atoms with van der Waals surface area (Å²) in [5, 5.41) is 3.54. The molecule has 0 spiro atoms. The van der Waals surface area contributed by atoms with Gasteiger partial charge in [-0.15, -0.1) is 0 Å². The van der Waals surface area contributed by atoms with Crippen molar-refractivity contribution in [1.82, 2.24) is 5.32 Å². The molecule has 1 aliphatic rings. The van der Waals surface area contributed by atoms with E-state index in [1.165, 1.54) is 5.56 Å². The monoisotopic (exact) mass is 247 g/mol. The molecule has 1 aliphatic carbocycles. The number of hydrogen-bond acceptors (Lipinski definition) is 2. The smallest absolute Gasteiger partial charge is 0.0800 e. The summed E-state index contributed by atoms with van der Waals surface area (Å²) in [6.07, 6.45) is 1.66. The van der Waals surface area contributed by atoms with Crippen molar-refractivity contribution in [3.8, 4) is 0 Å². The molecule has 0 amide bonds. The summed E-state index contributed by atoms with van der Waals surface area (Å²) in [4.78, 5) is 0. The van der Waals surface area contributed by atoms with Gasteiger partial charge in [0.05, 0.1) is 12.2 Å². The van der Waals surface area contributed by atoms with Gasteiger partial charge in [0.1, 0.15) is 0 Å². The molecule has 2 heteroatoms. The molecule has 0 aromatic heterocycles. The first-order valence-electron chi connectivity index (χ1n) is 6.99. The predicted molar refractivity (Wildman–Crippen MR) is 75.6 cm³/mol. The van der Waals surface area contributed by atoms with Crippen LogP contribution in [0.4, 0.5) is 0 Å². The fourth-order valence-corrected chi connectivity index (χ4v) is 2.76. The van der Waals surface area contributed by atoms with Crippen LogP contribution >= 0.6 is 0 Å². The zero-order valence-electron chi connectivity index (χ0n) is 11.9. The third-order valence-electron chi connectivity index (χ3n) is 4.27. The number of benzene rings is 1. The van der Waals surface area contributed by atoms with E-state index < -0.39 is 0 Å². The summed E-state index contributed by atoms with van der Waals surface area (Å²) < 4.78 is 6.22. The van der Waals surface area contributed by atoms with Crippen LogP contribution in [0.5, 0.6) is 0 Å². The first-order valence-corrected chi connectivity index (χ1v) is 6.99. The van der Waals surface area contributed by atoms with E-state index in [9.17, 15) is 0 Å². The zero-order valence-corrected chi connectivity index (χ0v) is 11.9. The Bertz CT molecular complexity index is 374. The van der Waals surface area contributed by atoms with E-state index in [0.717, 1.165) is 13.0 Å². The maximum Gasteiger partial charge on any atom is 0.0800 e. The Kier molecular flexibility index (Phi) is 4.08. The number of nitrogens with one attached hydrogen (secondary N) is 1. The fourth-order valence-electron chi connectivity index (χ4n) is 2.76. The summed E-state index contributed by atoms with van der Waals surface area (Å²) in [6.45, 7) is 9.94. The highest BCUT2D eigenvalue weighted by Crippen LogP contribution is 2.44. The summed E-state index contributed by atoms with van der Waals surface area (Å²) >= 11 is 0. The summed E-state index contributed by atoms with van der Waals surface area (Å²) in [6, 6.07) is 11.1. The minimum atomic E-state index is 0.179. The van der Waals surface area contributed by atoms with Gasteiger partial charge in [-0.2, -0.15) is 0 Å². The molecule has 1 saturated carbocycles. The molecule has 1 aromatic rings. The molecule has 2 nitrogen and oxygen atoms in total. The van der Waals surface area contributed by atoms with Gasteiger partial charge in [0.15, 0.2) is 0 Å². The first kappa shape index (κ1) is 13.6. The molecule has 1 fully saturated rings. The van der Waals surface area contributed by atoms with Crippen LogP contribution in [0.2, 0.25) is 0 Å². The Balaban J connectivity index is 1.92. The molecule has 0 radical (unpaired) electrons. The van der Waals surface area contributed by atoms with Gasteiger partial charge >= 0.3 is 0 Å². The molecule has 0 bridgehead atoms. The molecule has 100 valence electrons. The van der Waals surface area contributed by atoms with E-state index in [1.807, 2.05) is 6.07 Å². The minimum absolute atomic E-state index is 0.179. The van der Waals surface area contributed by atoms with Gasteiger partial charge in [0.25, 0.3) is 0 Å². The second-order valence-corrected chi connectivity index (χ2v) is 5.84. The second kappa shape index (κ2) is 5.41. The Morgan fingerprint density at radius 2 is 2.00 bits per heavy atom. The lowest BCUT2D eigenvalue weighted by Crippen LogP contribution is -2.61. The second-order valence-electron chi connectivity index (χ2n) is 5.84. The maximum absolute atomic E-state index is 6.22. The molecule has 1 aromatic carbocycles. The van der Waals surface area contributed by atoms with Crippen LogP contribution in [0.25, 0.3) is 0 Å². The van der Waals surface area contributed by atoms with E-state index in [1.54, 1.807) is 0 Å². The average molecular weight is 247 g/mol. The normalized spacial score (nSPS) is 27.6. The highest BCUT2D eigenvalue weighted by Gasteiger charge is 2.49. The Morgan fingerprint density at radius 3 is 2.56 bits per heavy atom. The summed E-state index contributed by atoms with van der Waals surface area (Å²) in [5.41, 5.74) is 1.50. The van der Waals surface area contributed by atoms with Crippen molar-refractivity contribution in [3.63, 3.8) is 0 Å². The van der Waals surface area contributed by atoms with Crippen molar-refractivity contribution in [3.05, 3.63) is 35.9 Å². The lowest BCUT2D eigenvalue weighted by Gasteiger charge is -2.52. The molecule has 18 heavy (non-hydrogen) atoms. The van der Waals surface area contributed by atoms with E-state index in [2.05, 4.69) is 57.3 Å². The van der Waals surface area contributed by atoms with Gasteiger partial charge in [0, 0.05) is 11.5 Å². The van der Waals surface area contributed by atoms with Gasteiger partial charge in [-0.3, -0.25) is 0 Å². The molecule has 3 atom stereocenters. The number of rotatable bonds is 5. The van der Waals surface area contributed by atoms with Crippen LogP contribution in [0.15, 0.2) is 30.3 Å². The van der Waals surface area contributed by atoms with Crippen LogP contribution in [0.3, 0.4) is 0 Å².